The minimum atomic E-state index is -0.448. The molecular formula is C24H23N3O3. The average molecular weight is 401 g/mol. The van der Waals surface area contributed by atoms with Gasteiger partial charge in [0, 0.05) is 37.5 Å². The Morgan fingerprint density at radius 1 is 0.933 bits per heavy atom. The Balaban J connectivity index is 1.27. The highest BCUT2D eigenvalue weighted by Gasteiger charge is 2.18. The van der Waals surface area contributed by atoms with Gasteiger partial charge in [0.25, 0.3) is 5.69 Å². The number of benzene rings is 3. The topological polar surface area (TPSA) is 75.5 Å². The van der Waals surface area contributed by atoms with E-state index in [4.69, 9.17) is 0 Å². The molecular weight excluding hydrogens is 378 g/mol. The number of carbonyl (C=O) groups excluding carboxylic acids is 1. The Morgan fingerprint density at radius 2 is 1.60 bits per heavy atom. The lowest BCUT2D eigenvalue weighted by Gasteiger charge is -2.19. The number of hydrogen-bond donors (Lipinski definition) is 1. The summed E-state index contributed by atoms with van der Waals surface area (Å²) in [6.07, 6.45) is 1.29. The second-order valence-electron chi connectivity index (χ2n) is 7.49. The van der Waals surface area contributed by atoms with E-state index >= 15 is 0 Å². The predicted molar refractivity (Wildman–Crippen MR) is 116 cm³/mol. The van der Waals surface area contributed by atoms with Crippen molar-refractivity contribution in [3.05, 3.63) is 105 Å². The number of nitrogens with one attached hydrogen (secondary N) is 1. The Kier molecular flexibility index (Phi) is 5.75. The van der Waals surface area contributed by atoms with Crippen LogP contribution in [0.1, 0.15) is 22.3 Å². The fourth-order valence-electron chi connectivity index (χ4n) is 3.74. The molecule has 30 heavy (non-hydrogen) atoms. The largest absolute Gasteiger partial charge is 0.367 e. The molecule has 3 aromatic carbocycles. The molecule has 0 aliphatic carbocycles. The highest BCUT2D eigenvalue weighted by atomic mass is 16.6. The summed E-state index contributed by atoms with van der Waals surface area (Å²) < 4.78 is 0. The van der Waals surface area contributed by atoms with Crippen LogP contribution in [-0.4, -0.2) is 17.4 Å². The lowest BCUT2D eigenvalue weighted by atomic mass is 10.1. The first-order valence-corrected chi connectivity index (χ1v) is 9.99. The third-order valence-corrected chi connectivity index (χ3v) is 5.38. The summed E-state index contributed by atoms with van der Waals surface area (Å²) >= 11 is 0. The summed E-state index contributed by atoms with van der Waals surface area (Å²) in [5.41, 5.74) is 5.78. The maximum atomic E-state index is 12.2. The van der Waals surface area contributed by atoms with E-state index in [0.29, 0.717) is 6.54 Å². The van der Waals surface area contributed by atoms with Gasteiger partial charge in [-0.15, -0.1) is 0 Å². The van der Waals surface area contributed by atoms with Crippen LogP contribution in [0.25, 0.3) is 0 Å². The van der Waals surface area contributed by atoms with Crippen LogP contribution in [0.5, 0.6) is 0 Å². The normalized spacial score (nSPS) is 12.5. The van der Waals surface area contributed by atoms with E-state index in [1.807, 2.05) is 12.1 Å². The monoisotopic (exact) mass is 401 g/mol. The van der Waals surface area contributed by atoms with E-state index in [2.05, 4.69) is 46.6 Å². The molecule has 1 aliphatic rings. The summed E-state index contributed by atoms with van der Waals surface area (Å²) in [4.78, 5) is 24.8. The van der Waals surface area contributed by atoms with Crippen LogP contribution in [0.3, 0.4) is 0 Å². The van der Waals surface area contributed by atoms with E-state index in [0.717, 1.165) is 30.6 Å². The quantitative estimate of drug-likeness (QED) is 0.479. The molecule has 4 rings (SSSR count). The lowest BCUT2D eigenvalue weighted by molar-refractivity contribution is -0.384. The van der Waals surface area contributed by atoms with Crippen molar-refractivity contribution in [2.24, 2.45) is 0 Å². The highest BCUT2D eigenvalue weighted by molar-refractivity contribution is 5.78. The van der Waals surface area contributed by atoms with Gasteiger partial charge in [-0.1, -0.05) is 54.6 Å². The average Bonchev–Trinajstić information content (AvgIpc) is 3.16. The third kappa shape index (κ3) is 4.66. The van der Waals surface area contributed by atoms with Gasteiger partial charge < -0.3 is 10.2 Å². The van der Waals surface area contributed by atoms with E-state index < -0.39 is 4.92 Å². The van der Waals surface area contributed by atoms with Gasteiger partial charge in [-0.25, -0.2) is 0 Å². The van der Waals surface area contributed by atoms with Crippen molar-refractivity contribution >= 4 is 17.3 Å². The van der Waals surface area contributed by atoms with E-state index in [1.54, 1.807) is 12.1 Å². The van der Waals surface area contributed by atoms with Gasteiger partial charge in [-0.3, -0.25) is 14.9 Å². The number of fused-ring (bicyclic) bond motifs is 1. The molecule has 6 heteroatoms. The van der Waals surface area contributed by atoms with Crippen molar-refractivity contribution in [1.29, 1.82) is 0 Å². The van der Waals surface area contributed by atoms with Crippen LogP contribution in [0, 0.1) is 10.1 Å². The van der Waals surface area contributed by atoms with Crippen LogP contribution in [0.4, 0.5) is 11.4 Å². The first kappa shape index (κ1) is 19.6. The summed E-state index contributed by atoms with van der Waals surface area (Å²) in [7, 11) is 0. The van der Waals surface area contributed by atoms with Crippen molar-refractivity contribution in [2.75, 3.05) is 11.4 Å². The van der Waals surface area contributed by atoms with Gasteiger partial charge in [0.05, 0.1) is 11.3 Å². The van der Waals surface area contributed by atoms with Crippen LogP contribution < -0.4 is 10.2 Å². The molecule has 1 heterocycles. The minimum absolute atomic E-state index is 0.0247. The van der Waals surface area contributed by atoms with Crippen LogP contribution in [-0.2, 0) is 30.7 Å². The fourth-order valence-corrected chi connectivity index (χ4v) is 3.74. The number of nitro groups is 1. The zero-order valence-corrected chi connectivity index (χ0v) is 16.6. The van der Waals surface area contributed by atoms with E-state index in [-0.39, 0.29) is 18.0 Å². The second kappa shape index (κ2) is 8.78. The number of anilines is 1. The number of hydrogen-bond acceptors (Lipinski definition) is 4. The maximum absolute atomic E-state index is 12.2. The number of amides is 1. The molecule has 0 aromatic heterocycles. The van der Waals surface area contributed by atoms with Crippen LogP contribution in [0.2, 0.25) is 0 Å². The van der Waals surface area contributed by atoms with Gasteiger partial charge >= 0.3 is 0 Å². The second-order valence-corrected chi connectivity index (χ2v) is 7.49. The number of nitro benzene ring substituents is 1. The van der Waals surface area contributed by atoms with Gasteiger partial charge in [0.2, 0.25) is 5.91 Å². The van der Waals surface area contributed by atoms with Crippen molar-refractivity contribution in [3.8, 4) is 0 Å². The predicted octanol–water partition coefficient (Wildman–Crippen LogP) is 4.02. The molecule has 0 radical (unpaired) electrons. The summed E-state index contributed by atoms with van der Waals surface area (Å²) in [6, 6.07) is 22.9. The molecule has 1 amide bonds. The lowest BCUT2D eigenvalue weighted by Crippen LogP contribution is -2.24. The molecule has 0 atom stereocenters. The maximum Gasteiger partial charge on any atom is 0.269 e. The summed E-state index contributed by atoms with van der Waals surface area (Å²) in [5.74, 6) is -0.110. The summed E-state index contributed by atoms with van der Waals surface area (Å²) in [6.45, 7) is 2.38. The van der Waals surface area contributed by atoms with Gasteiger partial charge in [-0.05, 0) is 34.7 Å². The van der Waals surface area contributed by atoms with Gasteiger partial charge in [0.15, 0.2) is 0 Å². The molecule has 0 bridgehead atoms. The molecule has 0 saturated carbocycles. The van der Waals surface area contributed by atoms with Crippen LogP contribution >= 0.6 is 0 Å². The number of nitrogens with zero attached hydrogens (tertiary/aromatic N) is 2. The molecule has 0 fully saturated rings. The zero-order valence-electron chi connectivity index (χ0n) is 16.6. The number of non-ortho nitro benzene ring substituents is 1. The third-order valence-electron chi connectivity index (χ3n) is 5.38. The highest BCUT2D eigenvalue weighted by Crippen LogP contribution is 2.28. The standard InChI is InChI=1S/C24H23N3O3/c28-24(15-18-9-11-22(12-10-18)27(29)30)25-16-19-5-7-20(8-6-19)17-26-14-13-21-3-1-2-4-23(21)26/h1-12H,13-17H2,(H,25,28). The van der Waals surface area contributed by atoms with Crippen molar-refractivity contribution < 1.29 is 9.72 Å². The Bertz CT molecular complexity index is 1050. The zero-order chi connectivity index (χ0) is 20.9. The Hall–Kier alpha value is -3.67. The molecule has 1 aliphatic heterocycles. The van der Waals surface area contributed by atoms with Crippen molar-refractivity contribution in [3.63, 3.8) is 0 Å². The molecule has 0 unspecified atom stereocenters. The minimum Gasteiger partial charge on any atom is -0.367 e. The Labute approximate surface area is 175 Å². The molecule has 152 valence electrons. The van der Waals surface area contributed by atoms with E-state index in [9.17, 15) is 14.9 Å². The van der Waals surface area contributed by atoms with E-state index in [1.165, 1.54) is 28.9 Å². The van der Waals surface area contributed by atoms with Gasteiger partial charge in [-0.2, -0.15) is 0 Å². The van der Waals surface area contributed by atoms with Crippen molar-refractivity contribution in [2.45, 2.75) is 25.9 Å². The first-order chi connectivity index (χ1) is 14.6. The number of carbonyl (C=O) groups is 1. The molecule has 0 spiro atoms. The summed E-state index contributed by atoms with van der Waals surface area (Å²) in [5, 5.41) is 13.6. The molecule has 6 nitrogen and oxygen atoms in total. The number of rotatable bonds is 7. The SMILES string of the molecule is O=C(Cc1ccc([N+](=O)[O-])cc1)NCc1ccc(CN2CCc3ccccc32)cc1. The molecule has 0 saturated heterocycles. The van der Waals surface area contributed by atoms with Crippen LogP contribution in [0.15, 0.2) is 72.8 Å². The smallest absolute Gasteiger partial charge is 0.269 e. The molecule has 3 aromatic rings. The van der Waals surface area contributed by atoms with Crippen molar-refractivity contribution in [1.82, 2.24) is 5.32 Å². The Morgan fingerprint density at radius 3 is 2.33 bits per heavy atom. The first-order valence-electron chi connectivity index (χ1n) is 9.99. The van der Waals surface area contributed by atoms with Gasteiger partial charge in [0.1, 0.15) is 0 Å². The number of para-hydroxylation sites is 1. The molecule has 1 N–H and O–H groups in total. The fraction of sp³-hybridized carbons (Fsp3) is 0.208.